The van der Waals surface area contributed by atoms with Gasteiger partial charge in [0.1, 0.15) is 28.3 Å². The number of carbonyl (C=O) groups excluding carboxylic acids is 2. The van der Waals surface area contributed by atoms with Crippen molar-refractivity contribution in [3.63, 3.8) is 0 Å². The summed E-state index contributed by atoms with van der Waals surface area (Å²) in [5.74, 6) is 3.59. The molecular weight excluding hydrogens is 941 g/mol. The van der Waals surface area contributed by atoms with Gasteiger partial charge in [0, 0.05) is 33.6 Å². The summed E-state index contributed by atoms with van der Waals surface area (Å²) >= 11 is 3.76. The highest BCUT2D eigenvalue weighted by Gasteiger charge is 2.54. The van der Waals surface area contributed by atoms with Crippen molar-refractivity contribution in [3.05, 3.63) is 238 Å². The van der Waals surface area contributed by atoms with Crippen LogP contribution in [0, 0.1) is 0 Å². The monoisotopic (exact) mass is 982 g/mol. The van der Waals surface area contributed by atoms with Crippen molar-refractivity contribution in [1.82, 2.24) is 35.5 Å². The Morgan fingerprint density at radius 3 is 1.70 bits per heavy atom. The molecule has 0 radical (unpaired) electrons. The Labute approximate surface area is 414 Å². The molecule has 348 valence electrons. The van der Waals surface area contributed by atoms with Crippen molar-refractivity contribution in [2.24, 2.45) is 5.16 Å². The summed E-state index contributed by atoms with van der Waals surface area (Å²) in [5.41, 5.74) is 3.04. The second kappa shape index (κ2) is 19.9. The van der Waals surface area contributed by atoms with E-state index in [4.69, 9.17) is 20.8 Å². The number of anilines is 1. The van der Waals surface area contributed by atoms with Crippen LogP contribution in [0.15, 0.2) is 209 Å². The molecular formula is C52H42N10O5S3. The Kier molecular flexibility index (Phi) is 13.0. The molecule has 18 heteroatoms. The van der Waals surface area contributed by atoms with E-state index in [0.29, 0.717) is 10.7 Å². The summed E-state index contributed by atoms with van der Waals surface area (Å²) in [4.78, 5) is 56.1. The van der Waals surface area contributed by atoms with Crippen molar-refractivity contribution in [2.75, 3.05) is 22.7 Å². The molecule has 8 aromatic rings. The van der Waals surface area contributed by atoms with Crippen molar-refractivity contribution < 1.29 is 24.3 Å². The van der Waals surface area contributed by atoms with Gasteiger partial charge in [0.05, 0.1) is 0 Å². The van der Waals surface area contributed by atoms with E-state index in [1.807, 2.05) is 146 Å². The third kappa shape index (κ3) is 8.56. The molecule has 0 bridgehead atoms. The Morgan fingerprint density at radius 2 is 1.24 bits per heavy atom. The lowest BCUT2D eigenvalue weighted by atomic mass is 9.77. The number of nitrogens with one attached hydrogen (secondary N) is 2. The van der Waals surface area contributed by atoms with Crippen LogP contribution in [-0.4, -0.2) is 81.7 Å². The van der Waals surface area contributed by atoms with Gasteiger partial charge in [-0.1, -0.05) is 204 Å². The third-order valence-corrected chi connectivity index (χ3v) is 15.2. The molecule has 2 amide bonds. The standard InChI is InChI=1S/C52H42N10O5S3/c53-62-50(57-59-60-62)70-32-34-31-68-47-43(46(64)61(47)44(34)48(65)66)55-45(63)42(58-67-52(38-25-13-4-14-26-38,39-27-15-5-16-28-39)40-29-17-6-18-30-40)41-33-69-49(54-41)56-51(35-19-7-1-8-20-35,36-21-9-2-10-22-36)37-23-11-3-12-24-37/h1-30,33,43,47H,31-32,53H2,(H,54,56)(H,55,63)(H,65,66)/b58-42+/t43-,47-/m1/s1. The Balaban J connectivity index is 1.06. The average molecular weight is 983 g/mol. The van der Waals surface area contributed by atoms with Gasteiger partial charge in [-0.2, -0.15) is 0 Å². The molecule has 2 atom stereocenters. The fourth-order valence-electron chi connectivity index (χ4n) is 8.81. The molecule has 0 spiro atoms. The van der Waals surface area contributed by atoms with E-state index in [1.54, 1.807) is 5.38 Å². The van der Waals surface area contributed by atoms with Gasteiger partial charge in [-0.3, -0.25) is 14.5 Å². The van der Waals surface area contributed by atoms with Gasteiger partial charge >= 0.3 is 5.97 Å². The van der Waals surface area contributed by atoms with Crippen molar-refractivity contribution in [3.8, 4) is 0 Å². The van der Waals surface area contributed by atoms with Crippen LogP contribution in [0.3, 0.4) is 0 Å². The number of β-lactam (4-membered cyclic amide) rings is 1. The molecule has 70 heavy (non-hydrogen) atoms. The van der Waals surface area contributed by atoms with Crippen LogP contribution in [-0.2, 0) is 30.4 Å². The molecule has 2 aliphatic heterocycles. The topological polar surface area (TPSA) is 203 Å². The van der Waals surface area contributed by atoms with Crippen LogP contribution < -0.4 is 16.5 Å². The number of carboxylic acid groups (broad SMARTS) is 1. The lowest BCUT2D eigenvalue weighted by molar-refractivity contribution is -0.150. The average Bonchev–Trinajstić information content (AvgIpc) is 4.06. The maximum Gasteiger partial charge on any atom is 0.352 e. The molecule has 2 aromatic heterocycles. The van der Waals surface area contributed by atoms with Crippen LogP contribution in [0.4, 0.5) is 5.13 Å². The molecule has 2 aliphatic rings. The van der Waals surface area contributed by atoms with E-state index in [9.17, 15) is 14.7 Å². The lowest BCUT2D eigenvalue weighted by Gasteiger charge is -2.49. The molecule has 1 fully saturated rings. The number of oxime groups is 1. The second-order valence-electron chi connectivity index (χ2n) is 16.1. The van der Waals surface area contributed by atoms with Gasteiger partial charge in [0.2, 0.25) is 10.8 Å². The molecule has 1 saturated heterocycles. The smallest absolute Gasteiger partial charge is 0.352 e. The SMILES string of the molecule is Nn1nnnc1SCC1=C(C(=O)O)N2C(=O)[C@@H](NC(=O)/C(=N/OC(c3ccccc3)(c3ccccc3)c3ccccc3)c3csc(NC(c4ccccc4)(c4ccccc4)c4ccccc4)n3)[C@H]2SC1. The van der Waals surface area contributed by atoms with E-state index in [1.165, 1.54) is 28.0 Å². The number of carbonyl (C=O) groups is 3. The zero-order chi connectivity index (χ0) is 48.1. The first-order valence-corrected chi connectivity index (χ1v) is 24.9. The molecule has 0 unspecified atom stereocenters. The van der Waals surface area contributed by atoms with Gasteiger partial charge in [0.25, 0.3) is 11.8 Å². The molecule has 10 rings (SSSR count). The van der Waals surface area contributed by atoms with E-state index in [-0.39, 0.29) is 33.8 Å². The van der Waals surface area contributed by atoms with Gasteiger partial charge in [0.15, 0.2) is 10.8 Å². The first kappa shape index (κ1) is 45.7. The zero-order valence-corrected chi connectivity index (χ0v) is 39.4. The van der Waals surface area contributed by atoms with E-state index in [0.717, 1.165) is 49.9 Å². The zero-order valence-electron chi connectivity index (χ0n) is 37.0. The lowest BCUT2D eigenvalue weighted by Crippen LogP contribution is -2.71. The minimum Gasteiger partial charge on any atom is -0.477 e. The number of hydrogen-bond donors (Lipinski definition) is 4. The number of thioether (sulfide) groups is 2. The Morgan fingerprint density at radius 1 is 0.757 bits per heavy atom. The summed E-state index contributed by atoms with van der Waals surface area (Å²) in [7, 11) is 0. The summed E-state index contributed by atoms with van der Waals surface area (Å²) < 4.78 is 0. The number of nitrogen functional groups attached to an aromatic ring is 1. The van der Waals surface area contributed by atoms with Crippen LogP contribution in [0.25, 0.3) is 0 Å². The number of tetrazole rings is 1. The quantitative estimate of drug-likeness (QED) is 0.0175. The van der Waals surface area contributed by atoms with Gasteiger partial charge in [-0.25, -0.2) is 9.78 Å². The fourth-order valence-corrected chi connectivity index (χ4v) is 11.8. The van der Waals surface area contributed by atoms with Crippen molar-refractivity contribution >= 4 is 63.5 Å². The first-order valence-electron chi connectivity index (χ1n) is 22.0. The number of amides is 2. The molecule has 4 heterocycles. The second-order valence-corrected chi connectivity index (χ2v) is 19.0. The molecule has 0 aliphatic carbocycles. The minimum atomic E-state index is -1.37. The number of nitrogens with zero attached hydrogens (tertiary/aromatic N) is 7. The third-order valence-electron chi connectivity index (χ3n) is 12.1. The maximum atomic E-state index is 15.1. The Hall–Kier alpha value is -8.06. The fraction of sp³-hybridized carbons (Fsp3) is 0.115. The highest BCUT2D eigenvalue weighted by atomic mass is 32.2. The van der Waals surface area contributed by atoms with Crippen LogP contribution in [0.2, 0.25) is 0 Å². The number of benzene rings is 6. The van der Waals surface area contributed by atoms with Crippen LogP contribution in [0.5, 0.6) is 0 Å². The maximum absolute atomic E-state index is 15.1. The predicted octanol–water partition coefficient (Wildman–Crippen LogP) is 7.49. The molecule has 0 saturated carbocycles. The minimum absolute atomic E-state index is 0.160. The number of thiazole rings is 1. The van der Waals surface area contributed by atoms with Crippen molar-refractivity contribution in [2.45, 2.75) is 27.7 Å². The number of aliphatic carboxylic acids is 1. The number of fused-ring (bicyclic) bond motifs is 1. The predicted molar refractivity (Wildman–Crippen MR) is 270 cm³/mol. The van der Waals surface area contributed by atoms with E-state index >= 15 is 4.79 Å². The van der Waals surface area contributed by atoms with Crippen LogP contribution in [0.1, 0.15) is 39.1 Å². The number of aromatic nitrogens is 5. The van der Waals surface area contributed by atoms with Gasteiger partial charge in [-0.05, 0) is 32.7 Å². The van der Waals surface area contributed by atoms with Crippen LogP contribution >= 0.6 is 34.9 Å². The molecule has 5 N–H and O–H groups in total. The Bertz CT molecular complexity index is 3010. The summed E-state index contributed by atoms with van der Waals surface area (Å²) in [5, 5.41) is 34.7. The number of nitrogens with two attached hydrogens (primary N) is 1. The first-order chi connectivity index (χ1) is 34.3. The normalized spacial score (nSPS) is 16.0. The highest BCUT2D eigenvalue weighted by Crippen LogP contribution is 2.44. The highest BCUT2D eigenvalue weighted by molar-refractivity contribution is 8.01. The van der Waals surface area contributed by atoms with E-state index in [2.05, 4.69) is 62.6 Å². The number of carboxylic acids is 1. The van der Waals surface area contributed by atoms with E-state index < -0.39 is 40.3 Å². The summed E-state index contributed by atoms with van der Waals surface area (Å²) in [6, 6.07) is 58.0. The molecule has 6 aromatic carbocycles. The summed E-state index contributed by atoms with van der Waals surface area (Å²) in [6.45, 7) is 0. The van der Waals surface area contributed by atoms with Gasteiger partial charge < -0.3 is 26.4 Å². The van der Waals surface area contributed by atoms with Crippen molar-refractivity contribution in [1.29, 1.82) is 0 Å². The number of rotatable bonds is 17. The largest absolute Gasteiger partial charge is 0.477 e. The van der Waals surface area contributed by atoms with Gasteiger partial charge in [-0.15, -0.1) is 27.9 Å². The number of hydrogen-bond acceptors (Lipinski definition) is 14. The summed E-state index contributed by atoms with van der Waals surface area (Å²) in [6.07, 6.45) is 0. The molecule has 15 nitrogen and oxygen atoms in total.